The third-order valence-corrected chi connectivity index (χ3v) is 4.87. The normalized spacial score (nSPS) is 16.4. The van der Waals surface area contributed by atoms with Crippen LogP contribution >= 0.6 is 0 Å². The van der Waals surface area contributed by atoms with Gasteiger partial charge in [-0.1, -0.05) is 6.58 Å². The van der Waals surface area contributed by atoms with Gasteiger partial charge in [0.25, 0.3) is 0 Å². The predicted molar refractivity (Wildman–Crippen MR) is 118 cm³/mol. The molecule has 3 rings (SSSR count). The molecule has 1 aromatic heterocycles. The van der Waals surface area contributed by atoms with Gasteiger partial charge in [-0.2, -0.15) is 0 Å². The third-order valence-electron chi connectivity index (χ3n) is 4.87. The van der Waals surface area contributed by atoms with Crippen LogP contribution in [0.2, 0.25) is 0 Å². The predicted octanol–water partition coefficient (Wildman–Crippen LogP) is 3.19. The summed E-state index contributed by atoms with van der Waals surface area (Å²) >= 11 is 0. The lowest BCUT2D eigenvalue weighted by Crippen LogP contribution is -2.40. The van der Waals surface area contributed by atoms with Gasteiger partial charge in [0.15, 0.2) is 0 Å². The smallest absolute Gasteiger partial charge is 0.407 e. The van der Waals surface area contributed by atoms with Crippen molar-refractivity contribution in [2.45, 2.75) is 45.8 Å². The summed E-state index contributed by atoms with van der Waals surface area (Å²) in [6.07, 6.45) is 1.68. The Labute approximate surface area is 176 Å². The van der Waals surface area contributed by atoms with E-state index in [0.717, 1.165) is 35.4 Å². The Balaban J connectivity index is 1.82. The van der Waals surface area contributed by atoms with E-state index in [-0.39, 0.29) is 11.9 Å². The number of amides is 2. The second-order valence-corrected chi connectivity index (χ2v) is 8.48. The van der Waals surface area contributed by atoms with E-state index in [0.29, 0.717) is 12.4 Å². The molecule has 0 saturated carbocycles. The van der Waals surface area contributed by atoms with Crippen LogP contribution in [0.15, 0.2) is 30.9 Å². The number of fused-ring (bicyclic) bond motifs is 1. The van der Waals surface area contributed by atoms with Crippen molar-refractivity contribution in [2.24, 2.45) is 0 Å². The molecule has 8 heteroatoms. The van der Waals surface area contributed by atoms with Gasteiger partial charge in [0.2, 0.25) is 5.91 Å². The van der Waals surface area contributed by atoms with Gasteiger partial charge in [-0.25, -0.2) is 14.8 Å². The molecule has 2 heterocycles. The average molecular weight is 412 g/mol. The van der Waals surface area contributed by atoms with E-state index < -0.39 is 11.7 Å². The largest absolute Gasteiger partial charge is 0.444 e. The van der Waals surface area contributed by atoms with E-state index in [2.05, 4.69) is 26.8 Å². The summed E-state index contributed by atoms with van der Waals surface area (Å²) in [5, 5.41) is 3.85. The molecule has 1 saturated heterocycles. The topological polar surface area (TPSA) is 87.7 Å². The number of aromatic nitrogens is 2. The number of alkyl carbamates (subject to hydrolysis) is 1. The summed E-state index contributed by atoms with van der Waals surface area (Å²) in [5.74, 6) is 1.29. The minimum atomic E-state index is -0.528. The van der Waals surface area contributed by atoms with E-state index in [9.17, 15) is 9.59 Å². The van der Waals surface area contributed by atoms with Gasteiger partial charge in [0, 0.05) is 31.2 Å². The molecule has 1 aliphatic heterocycles. The first-order valence-electron chi connectivity index (χ1n) is 10.0. The van der Waals surface area contributed by atoms with Gasteiger partial charge in [0.1, 0.15) is 17.2 Å². The van der Waals surface area contributed by atoms with Crippen LogP contribution in [-0.4, -0.2) is 53.7 Å². The van der Waals surface area contributed by atoms with Gasteiger partial charge in [-0.3, -0.25) is 4.79 Å². The zero-order chi connectivity index (χ0) is 22.1. The maximum absolute atomic E-state index is 12.1. The van der Waals surface area contributed by atoms with Crippen LogP contribution in [0.4, 0.5) is 16.3 Å². The van der Waals surface area contributed by atoms with Crippen LogP contribution < -0.4 is 15.1 Å². The van der Waals surface area contributed by atoms with Crippen LogP contribution in [0, 0.1) is 6.92 Å². The van der Waals surface area contributed by atoms with Crippen molar-refractivity contribution in [1.29, 1.82) is 0 Å². The number of likely N-dealkylation sites (N-methyl/N-ethyl adjacent to an activating group) is 1. The first kappa shape index (κ1) is 21.5. The van der Waals surface area contributed by atoms with Crippen molar-refractivity contribution in [3.63, 3.8) is 0 Å². The fourth-order valence-electron chi connectivity index (χ4n) is 3.47. The Morgan fingerprint density at radius 1 is 1.33 bits per heavy atom. The molecule has 0 spiro atoms. The molecule has 2 amide bonds. The number of carbonyl (C=O) groups is 2. The van der Waals surface area contributed by atoms with Crippen molar-refractivity contribution < 1.29 is 14.3 Å². The summed E-state index contributed by atoms with van der Waals surface area (Å²) in [6.45, 7) is 12.3. The highest BCUT2D eigenvalue weighted by atomic mass is 16.6. The highest BCUT2D eigenvalue weighted by Gasteiger charge is 2.28. The molecule has 0 radical (unpaired) electrons. The molecule has 1 N–H and O–H groups in total. The van der Waals surface area contributed by atoms with Crippen LogP contribution in [0.1, 0.15) is 33.0 Å². The first-order valence-corrected chi connectivity index (χ1v) is 10.0. The second kappa shape index (κ2) is 8.30. The molecule has 0 bridgehead atoms. The molecular weight excluding hydrogens is 382 g/mol. The fraction of sp³-hybridized carbons (Fsp3) is 0.455. The fourth-order valence-corrected chi connectivity index (χ4v) is 3.47. The highest BCUT2D eigenvalue weighted by Crippen LogP contribution is 2.29. The first-order chi connectivity index (χ1) is 14.1. The number of hydrogen-bond acceptors (Lipinski definition) is 6. The lowest BCUT2D eigenvalue weighted by atomic mass is 10.2. The monoisotopic (exact) mass is 411 g/mol. The zero-order valence-electron chi connectivity index (χ0n) is 18.2. The lowest BCUT2D eigenvalue weighted by molar-refractivity contribution is -0.113. The molecule has 8 nitrogen and oxygen atoms in total. The lowest BCUT2D eigenvalue weighted by Gasteiger charge is -2.23. The molecule has 30 heavy (non-hydrogen) atoms. The minimum absolute atomic E-state index is 0.0132. The molecule has 0 unspecified atom stereocenters. The summed E-state index contributed by atoms with van der Waals surface area (Å²) in [4.78, 5) is 36.9. The number of nitrogens with zero attached hydrogens (tertiary/aromatic N) is 4. The Kier molecular flexibility index (Phi) is 5.96. The number of anilines is 2. The number of benzene rings is 1. The van der Waals surface area contributed by atoms with Crippen LogP contribution in [0.5, 0.6) is 0 Å². The van der Waals surface area contributed by atoms with Crippen molar-refractivity contribution in [2.75, 3.05) is 29.9 Å². The van der Waals surface area contributed by atoms with Gasteiger partial charge in [-0.15, -0.1) is 0 Å². The molecule has 1 atom stereocenters. The van der Waals surface area contributed by atoms with Crippen LogP contribution in [0.3, 0.4) is 0 Å². The quantitative estimate of drug-likeness (QED) is 0.778. The summed E-state index contributed by atoms with van der Waals surface area (Å²) < 4.78 is 5.36. The average Bonchev–Trinajstić information content (AvgIpc) is 3.12. The highest BCUT2D eigenvalue weighted by molar-refractivity contribution is 6.02. The van der Waals surface area contributed by atoms with Gasteiger partial charge < -0.3 is 19.9 Å². The number of aryl methyl sites for hydroxylation is 1. The van der Waals surface area contributed by atoms with E-state index in [1.165, 1.54) is 11.0 Å². The summed E-state index contributed by atoms with van der Waals surface area (Å²) in [7, 11) is 1.70. The molecule has 0 aliphatic carbocycles. The zero-order valence-corrected chi connectivity index (χ0v) is 18.2. The van der Waals surface area contributed by atoms with Gasteiger partial charge in [-0.05, 0) is 58.4 Å². The van der Waals surface area contributed by atoms with Crippen molar-refractivity contribution in [3.8, 4) is 0 Å². The minimum Gasteiger partial charge on any atom is -0.444 e. The van der Waals surface area contributed by atoms with E-state index in [1.54, 1.807) is 7.05 Å². The number of hydrogen-bond donors (Lipinski definition) is 1. The number of nitrogens with one attached hydrogen (secondary N) is 1. The molecule has 1 aromatic carbocycles. The Hall–Kier alpha value is -3.16. The molecule has 2 aromatic rings. The Morgan fingerprint density at radius 3 is 2.73 bits per heavy atom. The SMILES string of the molecule is C=CC(=O)N(C)c1ccc2c(N3CC[C@@H](NC(=O)OC(C)(C)C)C3)nc(C)nc2c1. The van der Waals surface area contributed by atoms with E-state index in [1.807, 2.05) is 45.9 Å². The molecule has 160 valence electrons. The van der Waals surface area contributed by atoms with E-state index >= 15 is 0 Å². The standard InChI is InChI=1S/C22H29N5O3/c1-7-19(28)26(6)16-8-9-17-18(12-16)23-14(2)24-20(17)27-11-10-15(13-27)25-21(29)30-22(3,4)5/h7-9,12,15H,1,10-11,13H2,2-6H3,(H,25,29)/t15-/m1/s1. The van der Waals surface area contributed by atoms with E-state index in [4.69, 9.17) is 4.74 Å². The molecular formula is C22H29N5O3. The van der Waals surface area contributed by atoms with Crippen LogP contribution in [-0.2, 0) is 9.53 Å². The van der Waals surface area contributed by atoms with Gasteiger partial charge >= 0.3 is 6.09 Å². The Morgan fingerprint density at radius 2 is 2.07 bits per heavy atom. The summed E-state index contributed by atoms with van der Waals surface area (Å²) in [5.41, 5.74) is 0.977. The Bertz CT molecular complexity index is 983. The maximum atomic E-state index is 12.1. The molecule has 1 aliphatic rings. The number of carbonyl (C=O) groups excluding carboxylic acids is 2. The van der Waals surface area contributed by atoms with Crippen molar-refractivity contribution in [1.82, 2.24) is 15.3 Å². The molecule has 1 fully saturated rings. The number of ether oxygens (including phenoxy) is 1. The van der Waals surface area contributed by atoms with Gasteiger partial charge in [0.05, 0.1) is 11.6 Å². The number of rotatable bonds is 4. The van der Waals surface area contributed by atoms with Crippen molar-refractivity contribution in [3.05, 3.63) is 36.7 Å². The second-order valence-electron chi connectivity index (χ2n) is 8.48. The maximum Gasteiger partial charge on any atom is 0.407 e. The van der Waals surface area contributed by atoms with Crippen LogP contribution in [0.25, 0.3) is 10.9 Å². The summed E-state index contributed by atoms with van der Waals surface area (Å²) in [6, 6.07) is 5.67. The third kappa shape index (κ3) is 4.87. The van der Waals surface area contributed by atoms with Crippen molar-refractivity contribution >= 4 is 34.4 Å².